The van der Waals surface area contributed by atoms with E-state index in [0.29, 0.717) is 0 Å². The Morgan fingerprint density at radius 2 is 0.0811 bits per heavy atom. The Kier molecular flexibility index (Phi) is 17600. The normalized spacial score (nSPS) is 0. The molecule has 0 nitrogen and oxygen atoms in total. The Hall–Kier alpha value is 11.4. The molecule has 0 amide bonds. The monoisotopic (exact) mass is 1320 g/mol. The predicted octanol–water partition coefficient (Wildman–Crippen LogP) is 12.3. The molecule has 0 aliphatic heterocycles. The van der Waals surface area contributed by atoms with Gasteiger partial charge in [0.2, 0.25) is 0 Å². The molecule has 0 N–H and O–H groups in total. The van der Waals surface area contributed by atoms with Crippen molar-refractivity contribution in [2.75, 3.05) is 0 Å². The van der Waals surface area contributed by atoms with E-state index < -0.39 is 0 Å². The van der Waals surface area contributed by atoms with Gasteiger partial charge in [0.15, 0.2) is 0 Å². The van der Waals surface area contributed by atoms with Gasteiger partial charge in [-0.3, -0.25) is 0 Å². The van der Waals surface area contributed by atoms with Crippen LogP contribution in [0.5, 0.6) is 0 Å². The summed E-state index contributed by atoms with van der Waals surface area (Å²) in [4.78, 5) is 0. The van der Waals surface area contributed by atoms with E-state index in [2.05, 4.69) is 0 Å². The minimum Gasteiger partial charge on any atom is -1.00 e. The van der Waals surface area contributed by atoms with Gasteiger partial charge < -0.3 is 1.43 Å². The van der Waals surface area contributed by atoms with E-state index in [1.54, 1.807) is 0 Å². The molecule has 0 saturated heterocycles. The van der Waals surface area contributed by atoms with E-state index >= 15 is 0 Å². The second kappa shape index (κ2) is 782. The molecule has 0 radical (unpaired) electrons. The van der Waals surface area contributed by atoms with Crippen molar-refractivity contribution in [3.05, 3.63) is 0 Å². The van der Waals surface area contributed by atoms with Crippen LogP contribution in [0.3, 0.4) is 0 Å². The number of rotatable bonds is 0. The fourth-order valence-corrected chi connectivity index (χ4v) is 0. The van der Waals surface area contributed by atoms with Crippen molar-refractivity contribution in [2.45, 2.75) is 0 Å². The molecule has 0 aromatic rings. The third kappa shape index (κ3) is 748. The van der Waals surface area contributed by atoms with Crippen molar-refractivity contribution in [1.82, 2.24) is 0 Å². The van der Waals surface area contributed by atoms with Gasteiger partial charge in [0.25, 0.3) is 0 Å². The van der Waals surface area contributed by atoms with Gasteiger partial charge in [-0.1, -0.05) is 0 Å². The number of hydrogen-bond acceptors (Lipinski definition) is 0. The maximum atomic E-state index is 0. The molecule has 0 aliphatic carbocycles. The van der Waals surface area contributed by atoms with Crippen LogP contribution in [-0.4, -0.2) is 0 Å². The molecule has 0 aliphatic rings. The molecule has 290 valence electrons. The zero-order valence-electron chi connectivity index (χ0n) is 16.7. The van der Waals surface area contributed by atoms with Crippen molar-refractivity contribution in [1.29, 1.82) is 0 Å². The molecule has 0 fully saturated rings. The molecule has 0 bridgehead atoms. The van der Waals surface area contributed by atoms with Gasteiger partial charge in [-0.2, -0.15) is 0 Å². The largest absolute Gasteiger partial charge is 1.00 e. The molecule has 0 aromatic carbocycles. The van der Waals surface area contributed by atoms with Crippen LogP contribution in [0.2, 0.25) is 0 Å². The predicted molar refractivity (Wildman–Crippen MR) is 262 cm³/mol. The topological polar surface area (TPSA) is 0 Å². The van der Waals surface area contributed by atoms with Gasteiger partial charge >= 0.3 is 29.6 Å². The Labute approximate surface area is 469 Å². The third-order valence-corrected chi connectivity index (χ3v) is 0. The van der Waals surface area contributed by atoms with Gasteiger partial charge in [0.1, 0.15) is 0 Å². The third-order valence-electron chi connectivity index (χ3n) is 0. The van der Waals surface area contributed by atoms with Crippen LogP contribution in [0.15, 0.2) is 0 Å². The van der Waals surface area contributed by atoms with E-state index in [-0.39, 0.29) is 478 Å². The fourth-order valence-electron chi connectivity index (χ4n) is 0. The van der Waals surface area contributed by atoms with Crippen molar-refractivity contribution in [3.63, 3.8) is 0 Å². The first kappa shape index (κ1) is 833. The summed E-state index contributed by atoms with van der Waals surface area (Å²) in [6.45, 7) is 0. The number of halogens is 36. The molecule has 37 heteroatoms. The molecule has 0 aromatic heterocycles. The van der Waals surface area contributed by atoms with Gasteiger partial charge in [-0.25, -0.2) is 0 Å². The second-order valence-electron chi connectivity index (χ2n) is 0. The summed E-state index contributed by atoms with van der Waals surface area (Å²) < 4.78 is 0. The van der Waals surface area contributed by atoms with E-state index in [1.165, 1.54) is 0 Å². The molecule has 37 heavy (non-hydrogen) atoms. The SMILES string of the molecule is Cl.Cl.Cl.Cl.Cl.Cl.Cl.Cl.Cl.Cl.Cl.Cl.Cl.Cl.Cl.Cl.Cl.Cl.Cl.Cl.Cl.Cl.Cl.Cl.Cl.Cl.Cl.Cl.Cl.Cl.Cl.Cl.Cl.Cl.Cl.Cl.[H-].[Na+]. The van der Waals surface area contributed by atoms with Crippen LogP contribution in [0.1, 0.15) is 1.43 Å². The molecule has 0 saturated carbocycles. The zero-order valence-corrected chi connectivity index (χ0v) is 47.1. The molecular formula is H37Cl36Na. The van der Waals surface area contributed by atoms with E-state index in [0.717, 1.165) is 0 Å². The summed E-state index contributed by atoms with van der Waals surface area (Å²) >= 11 is 0. The van der Waals surface area contributed by atoms with Crippen molar-refractivity contribution in [3.8, 4) is 0 Å². The van der Waals surface area contributed by atoms with Gasteiger partial charge in [-0.15, -0.1) is 447 Å². The summed E-state index contributed by atoms with van der Waals surface area (Å²) in [5.41, 5.74) is 0. The van der Waals surface area contributed by atoms with E-state index in [1.807, 2.05) is 0 Å². The minimum atomic E-state index is 0. The zero-order chi connectivity index (χ0) is 0. The van der Waals surface area contributed by atoms with E-state index in [9.17, 15) is 0 Å². The summed E-state index contributed by atoms with van der Waals surface area (Å²) in [5, 5.41) is 0. The van der Waals surface area contributed by atoms with Crippen molar-refractivity contribution < 1.29 is 31.0 Å². The van der Waals surface area contributed by atoms with Crippen LogP contribution in [0.4, 0.5) is 0 Å². The standard InChI is InChI=1S/36ClH.Na.H/h36*1H;;/q;;;;;;;;;;;;;;;;;;;;;;;;;;;;;;;;;;;;+1;-1. The first-order chi connectivity index (χ1) is 0. The van der Waals surface area contributed by atoms with Crippen molar-refractivity contribution >= 4 is 447 Å². The maximum absolute atomic E-state index is 0. The van der Waals surface area contributed by atoms with Crippen LogP contribution in [-0.2, 0) is 0 Å². The Morgan fingerprint density at radius 1 is 0.0811 bits per heavy atom. The number of hydrogen-bond donors (Lipinski definition) is 0. The summed E-state index contributed by atoms with van der Waals surface area (Å²) in [6, 6.07) is 0. The van der Waals surface area contributed by atoms with Crippen molar-refractivity contribution in [2.24, 2.45) is 0 Å². The van der Waals surface area contributed by atoms with Crippen LogP contribution in [0, 0.1) is 0 Å². The summed E-state index contributed by atoms with van der Waals surface area (Å²) in [6.07, 6.45) is 0. The molecule has 0 rings (SSSR count). The second-order valence-corrected chi connectivity index (χ2v) is 0. The average Bonchev–Trinajstić information content (AvgIpc) is 0. The van der Waals surface area contributed by atoms with Gasteiger partial charge in [0, 0.05) is 0 Å². The molecular weight excluding hydrogens is 1300 g/mol. The average molecular weight is 1340 g/mol. The summed E-state index contributed by atoms with van der Waals surface area (Å²) in [5.74, 6) is 0. The first-order valence-electron chi connectivity index (χ1n) is 0. The molecule has 0 unspecified atom stereocenters. The van der Waals surface area contributed by atoms with Gasteiger partial charge in [-0.05, 0) is 0 Å². The quantitative estimate of drug-likeness (QED) is 0.212. The smallest absolute Gasteiger partial charge is 1.00 e. The van der Waals surface area contributed by atoms with Crippen LogP contribution >= 0.6 is 447 Å². The molecule has 0 spiro atoms. The Balaban J connectivity index is 0. The minimum absolute atomic E-state index is 0. The summed E-state index contributed by atoms with van der Waals surface area (Å²) in [7, 11) is 0. The first-order valence-corrected chi connectivity index (χ1v) is 0. The van der Waals surface area contributed by atoms with Gasteiger partial charge in [0.05, 0.1) is 0 Å². The fraction of sp³-hybridized carbons (Fsp3) is 0. The van der Waals surface area contributed by atoms with E-state index in [4.69, 9.17) is 0 Å². The Morgan fingerprint density at radius 3 is 0.0811 bits per heavy atom. The van der Waals surface area contributed by atoms with Crippen LogP contribution < -0.4 is 29.6 Å². The van der Waals surface area contributed by atoms with Crippen LogP contribution in [0.25, 0.3) is 0 Å². The molecule has 0 heterocycles. The maximum Gasteiger partial charge on any atom is 1.00 e. The molecule has 0 atom stereocenters. The Bertz CT molecular complexity index is 13.3.